The number of para-hydroxylation sites is 1. The van der Waals surface area contributed by atoms with Crippen LogP contribution in [0.1, 0.15) is 23.1 Å². The minimum Gasteiger partial charge on any atom is -0.456 e. The molecular weight excluding hydrogens is 536 g/mol. The van der Waals surface area contributed by atoms with E-state index in [0.29, 0.717) is 12.3 Å². The number of allylic oxidation sites excluding steroid dienone is 1. The molecule has 1 aliphatic heterocycles. The molecule has 44 heavy (non-hydrogen) atoms. The molecule has 8 rings (SSSR count). The van der Waals surface area contributed by atoms with Gasteiger partial charge in [-0.25, -0.2) is 9.98 Å². The second kappa shape index (κ2) is 11.1. The van der Waals surface area contributed by atoms with Crippen molar-refractivity contribution in [1.29, 1.82) is 0 Å². The van der Waals surface area contributed by atoms with Crippen molar-refractivity contribution in [2.75, 3.05) is 0 Å². The number of nitrogens with zero attached hydrogens (tertiary/aromatic N) is 2. The lowest BCUT2D eigenvalue weighted by atomic mass is 9.94. The van der Waals surface area contributed by atoms with Gasteiger partial charge in [-0.05, 0) is 52.1 Å². The first-order valence-electron chi connectivity index (χ1n) is 14.9. The van der Waals surface area contributed by atoms with E-state index in [4.69, 9.17) is 14.4 Å². The molecule has 0 fully saturated rings. The van der Waals surface area contributed by atoms with Crippen LogP contribution in [0.2, 0.25) is 0 Å². The molecule has 208 valence electrons. The van der Waals surface area contributed by atoms with Crippen LogP contribution >= 0.6 is 0 Å². The second-order valence-corrected chi connectivity index (χ2v) is 11.0. The summed E-state index contributed by atoms with van der Waals surface area (Å²) in [6.07, 6.45) is 2.87. The highest BCUT2D eigenvalue weighted by atomic mass is 16.3. The van der Waals surface area contributed by atoms with Gasteiger partial charge in [0.15, 0.2) is 5.84 Å². The lowest BCUT2D eigenvalue weighted by molar-refractivity contribution is 0.669. The van der Waals surface area contributed by atoms with Crippen molar-refractivity contribution in [2.24, 2.45) is 9.98 Å². The van der Waals surface area contributed by atoms with Crippen LogP contribution in [0.25, 0.3) is 49.9 Å². The van der Waals surface area contributed by atoms with Crippen LogP contribution in [0, 0.1) is 0 Å². The Labute approximate surface area is 256 Å². The van der Waals surface area contributed by atoms with E-state index in [0.717, 1.165) is 61.2 Å². The van der Waals surface area contributed by atoms with Gasteiger partial charge in [-0.15, -0.1) is 0 Å². The molecule has 0 amide bonds. The number of amidine groups is 1. The van der Waals surface area contributed by atoms with Crippen molar-refractivity contribution in [1.82, 2.24) is 0 Å². The zero-order chi connectivity index (χ0) is 29.3. The van der Waals surface area contributed by atoms with Gasteiger partial charge >= 0.3 is 0 Å². The zero-order valence-electron chi connectivity index (χ0n) is 24.0. The highest BCUT2D eigenvalue weighted by Gasteiger charge is 2.20. The summed E-state index contributed by atoms with van der Waals surface area (Å²) in [4.78, 5) is 10.4. The topological polar surface area (TPSA) is 37.9 Å². The Kier molecular flexibility index (Phi) is 6.54. The number of hydrogen-bond acceptors (Lipinski definition) is 3. The van der Waals surface area contributed by atoms with E-state index in [9.17, 15) is 0 Å². The molecule has 0 bridgehead atoms. The van der Waals surface area contributed by atoms with Crippen LogP contribution in [-0.2, 0) is 0 Å². The van der Waals surface area contributed by atoms with E-state index >= 15 is 0 Å². The van der Waals surface area contributed by atoms with E-state index in [1.54, 1.807) is 0 Å². The third-order valence-corrected chi connectivity index (χ3v) is 8.15. The summed E-state index contributed by atoms with van der Waals surface area (Å²) < 4.78 is 6.49. The SMILES string of the molecule is C1=C(c2cc(-c3cccc(-c4ccccc4)c3)cc3oc4ccccc4c23)N=C(c2ccccc2)N=C(c2ccccc2)C1. The minimum atomic E-state index is 0.657. The maximum Gasteiger partial charge on any atom is 0.160 e. The van der Waals surface area contributed by atoms with E-state index in [-0.39, 0.29) is 0 Å². The average Bonchev–Trinajstić information content (AvgIpc) is 3.33. The molecule has 0 radical (unpaired) electrons. The molecule has 0 saturated carbocycles. The zero-order valence-corrected chi connectivity index (χ0v) is 24.0. The molecule has 1 aliphatic rings. The van der Waals surface area contributed by atoms with Gasteiger partial charge < -0.3 is 4.42 Å². The smallest absolute Gasteiger partial charge is 0.160 e. The Morgan fingerprint density at radius 2 is 1.07 bits per heavy atom. The molecule has 1 aromatic heterocycles. The first kappa shape index (κ1) is 25.9. The van der Waals surface area contributed by atoms with Gasteiger partial charge in [-0.1, -0.05) is 133 Å². The first-order valence-corrected chi connectivity index (χ1v) is 14.9. The molecule has 0 saturated heterocycles. The Balaban J connectivity index is 1.35. The monoisotopic (exact) mass is 564 g/mol. The third-order valence-electron chi connectivity index (χ3n) is 8.15. The summed E-state index contributed by atoms with van der Waals surface area (Å²) in [5, 5.41) is 2.14. The summed E-state index contributed by atoms with van der Waals surface area (Å²) in [6.45, 7) is 0. The van der Waals surface area contributed by atoms with E-state index in [1.807, 2.05) is 42.5 Å². The Morgan fingerprint density at radius 1 is 0.455 bits per heavy atom. The first-order chi connectivity index (χ1) is 21.8. The van der Waals surface area contributed by atoms with E-state index in [2.05, 4.69) is 115 Å². The quantitative estimate of drug-likeness (QED) is 0.205. The molecule has 0 aliphatic carbocycles. The van der Waals surface area contributed by atoms with E-state index < -0.39 is 0 Å². The number of hydrogen-bond donors (Lipinski definition) is 0. The molecule has 7 aromatic rings. The average molecular weight is 565 g/mol. The van der Waals surface area contributed by atoms with Gasteiger partial charge in [0.1, 0.15) is 11.2 Å². The molecule has 0 N–H and O–H groups in total. The van der Waals surface area contributed by atoms with Crippen molar-refractivity contribution < 1.29 is 4.42 Å². The third kappa shape index (κ3) is 4.85. The van der Waals surface area contributed by atoms with Gasteiger partial charge in [0, 0.05) is 28.3 Å². The highest BCUT2D eigenvalue weighted by molar-refractivity contribution is 6.17. The predicted molar refractivity (Wildman–Crippen MR) is 183 cm³/mol. The molecular formula is C41H28N2O. The summed E-state index contributed by atoms with van der Waals surface area (Å²) in [5.74, 6) is 0.700. The summed E-state index contributed by atoms with van der Waals surface area (Å²) in [7, 11) is 0. The van der Waals surface area contributed by atoms with Crippen LogP contribution in [0.15, 0.2) is 172 Å². The number of fused-ring (bicyclic) bond motifs is 3. The molecule has 6 aromatic carbocycles. The Hall–Kier alpha value is -5.80. The maximum absolute atomic E-state index is 6.49. The molecule has 0 atom stereocenters. The molecule has 0 spiro atoms. The fraction of sp³-hybridized carbons (Fsp3) is 0.0244. The van der Waals surface area contributed by atoms with Gasteiger partial charge in [-0.3, -0.25) is 0 Å². The molecule has 3 heteroatoms. The van der Waals surface area contributed by atoms with Gasteiger partial charge in [0.2, 0.25) is 0 Å². The minimum absolute atomic E-state index is 0.657. The number of rotatable bonds is 5. The summed E-state index contributed by atoms with van der Waals surface area (Å²) in [6, 6.07) is 52.5. The van der Waals surface area contributed by atoms with Gasteiger partial charge in [0.05, 0.1) is 11.4 Å². The fourth-order valence-electron chi connectivity index (χ4n) is 5.98. The number of aliphatic imine (C=N–C) groups is 2. The normalized spacial score (nSPS) is 13.3. The lowest BCUT2D eigenvalue weighted by Gasteiger charge is -2.11. The maximum atomic E-state index is 6.49. The summed E-state index contributed by atoms with van der Waals surface area (Å²) >= 11 is 0. The van der Waals surface area contributed by atoms with Crippen molar-refractivity contribution in [3.63, 3.8) is 0 Å². The standard InChI is InChI=1S/C41H28N2O/c1-4-13-28(14-5-1)31-19-12-20-32(25-31)33-26-35(40-34-21-10-11-22-38(34)44-39(40)27-33)37-24-23-36(29-15-6-2-7-16-29)42-41(43-37)30-17-8-3-9-18-30/h1-22,24-27H,23H2. The van der Waals surface area contributed by atoms with Crippen LogP contribution in [0.3, 0.4) is 0 Å². The number of benzene rings is 6. The van der Waals surface area contributed by atoms with Crippen LogP contribution in [0.5, 0.6) is 0 Å². The highest BCUT2D eigenvalue weighted by Crippen LogP contribution is 2.40. The van der Waals surface area contributed by atoms with Crippen molar-refractivity contribution in [3.05, 3.63) is 174 Å². The van der Waals surface area contributed by atoms with Crippen molar-refractivity contribution in [2.45, 2.75) is 6.42 Å². The Bertz CT molecular complexity index is 2220. The van der Waals surface area contributed by atoms with Crippen molar-refractivity contribution >= 4 is 39.2 Å². The largest absolute Gasteiger partial charge is 0.456 e. The number of furan rings is 1. The molecule has 2 heterocycles. The molecule has 3 nitrogen and oxygen atoms in total. The Morgan fingerprint density at radius 3 is 1.82 bits per heavy atom. The van der Waals surface area contributed by atoms with Crippen LogP contribution in [0.4, 0.5) is 0 Å². The van der Waals surface area contributed by atoms with Gasteiger partial charge in [0.25, 0.3) is 0 Å². The van der Waals surface area contributed by atoms with Crippen molar-refractivity contribution in [3.8, 4) is 22.3 Å². The van der Waals surface area contributed by atoms with Crippen LogP contribution < -0.4 is 0 Å². The predicted octanol–water partition coefficient (Wildman–Crippen LogP) is 10.6. The lowest BCUT2D eigenvalue weighted by Crippen LogP contribution is -2.04. The summed E-state index contributed by atoms with van der Waals surface area (Å²) in [5.41, 5.74) is 11.3. The molecule has 0 unspecified atom stereocenters. The fourth-order valence-corrected chi connectivity index (χ4v) is 5.98. The second-order valence-electron chi connectivity index (χ2n) is 11.0. The van der Waals surface area contributed by atoms with Crippen LogP contribution in [-0.4, -0.2) is 11.5 Å². The van der Waals surface area contributed by atoms with Gasteiger partial charge in [-0.2, -0.15) is 0 Å². The van der Waals surface area contributed by atoms with E-state index in [1.165, 1.54) is 11.1 Å².